The highest BCUT2D eigenvalue weighted by atomic mass is 32.2. The summed E-state index contributed by atoms with van der Waals surface area (Å²) in [5.74, 6) is -5.10. The average molecular weight is 643 g/mol. The highest BCUT2D eigenvalue weighted by molar-refractivity contribution is 8.00. The summed E-state index contributed by atoms with van der Waals surface area (Å²) < 4.78 is 16.5. The molecule has 2 unspecified atom stereocenters. The molecule has 0 bridgehead atoms. The molecule has 238 valence electrons. The third kappa shape index (κ3) is 6.84. The number of hydrogen-bond donors (Lipinski definition) is 1. The number of amides is 2. The number of nitrogens with one attached hydrogen (secondary N) is 1. The first-order chi connectivity index (χ1) is 22.0. The second-order valence-electron chi connectivity index (χ2n) is 11.7. The number of hydrogen-bond acceptors (Lipinski definition) is 9. The average Bonchev–Trinajstić information content (AvgIpc) is 3.05. The van der Waals surface area contributed by atoms with Crippen LogP contribution in [0.4, 0.5) is 0 Å². The molecule has 46 heavy (non-hydrogen) atoms. The number of thioether (sulfide) groups is 1. The van der Waals surface area contributed by atoms with Crippen LogP contribution in [0, 0.1) is 0 Å². The highest BCUT2D eigenvalue weighted by Gasteiger charge is 2.56. The molecular weight excluding hydrogens is 608 g/mol. The summed E-state index contributed by atoms with van der Waals surface area (Å²) in [6, 6.07) is 25.5. The van der Waals surface area contributed by atoms with Gasteiger partial charge in [-0.25, -0.2) is 9.59 Å². The summed E-state index contributed by atoms with van der Waals surface area (Å²) in [7, 11) is 1.19. The Hall–Kier alpha value is -4.90. The van der Waals surface area contributed by atoms with Gasteiger partial charge in [-0.2, -0.15) is 0 Å². The van der Waals surface area contributed by atoms with Gasteiger partial charge in [0, 0.05) is 5.75 Å². The predicted molar refractivity (Wildman–Crippen MR) is 170 cm³/mol. The van der Waals surface area contributed by atoms with Crippen LogP contribution in [-0.2, 0) is 38.2 Å². The van der Waals surface area contributed by atoms with Crippen molar-refractivity contribution in [3.63, 3.8) is 0 Å². The number of fused-ring (bicyclic) bond motifs is 1. The summed E-state index contributed by atoms with van der Waals surface area (Å²) >= 11 is 1.19. The summed E-state index contributed by atoms with van der Waals surface area (Å²) in [4.78, 5) is 68.4. The molecule has 10 nitrogen and oxygen atoms in total. The van der Waals surface area contributed by atoms with Gasteiger partial charge < -0.3 is 19.5 Å². The van der Waals surface area contributed by atoms with E-state index in [4.69, 9.17) is 14.2 Å². The monoisotopic (exact) mass is 642 g/mol. The molecule has 1 saturated heterocycles. The van der Waals surface area contributed by atoms with E-state index >= 15 is 0 Å². The summed E-state index contributed by atoms with van der Waals surface area (Å²) in [6.07, 6.45) is -0.832. The molecule has 2 aliphatic heterocycles. The fourth-order valence-corrected chi connectivity index (χ4v) is 6.60. The Morgan fingerprint density at radius 2 is 1.35 bits per heavy atom. The van der Waals surface area contributed by atoms with Gasteiger partial charge in [-0.1, -0.05) is 91.0 Å². The van der Waals surface area contributed by atoms with Crippen LogP contribution in [0.2, 0.25) is 0 Å². The SMILES string of the molecule is COC(=O)C1=C(C(=O)OC(c2ccccc2)c2ccccc2)N2C(=O)C(NC(=O)C(C(=O)OC(C)(C)C)c3ccccc3)[C@H]2SC1. The Kier molecular flexibility index (Phi) is 9.62. The number of carbonyl (C=O) groups is 5. The Bertz CT molecular complexity index is 1610. The third-order valence-corrected chi connectivity index (χ3v) is 8.64. The summed E-state index contributed by atoms with van der Waals surface area (Å²) in [6.45, 7) is 5.09. The number of nitrogens with zero attached hydrogens (tertiary/aromatic N) is 1. The van der Waals surface area contributed by atoms with Gasteiger partial charge in [-0.3, -0.25) is 19.3 Å². The zero-order valence-corrected chi connectivity index (χ0v) is 26.6. The topological polar surface area (TPSA) is 128 Å². The summed E-state index contributed by atoms with van der Waals surface area (Å²) in [5, 5.41) is 1.96. The van der Waals surface area contributed by atoms with Gasteiger partial charge in [-0.15, -0.1) is 11.8 Å². The van der Waals surface area contributed by atoms with Crippen molar-refractivity contribution in [1.82, 2.24) is 10.2 Å². The smallest absolute Gasteiger partial charge is 0.356 e. The number of ether oxygens (including phenoxy) is 3. The molecule has 0 spiro atoms. The molecule has 2 heterocycles. The second kappa shape index (κ2) is 13.6. The molecule has 3 aromatic rings. The number of esters is 3. The van der Waals surface area contributed by atoms with Crippen molar-refractivity contribution in [3.05, 3.63) is 119 Å². The van der Waals surface area contributed by atoms with E-state index in [1.807, 2.05) is 60.7 Å². The van der Waals surface area contributed by atoms with Crippen LogP contribution in [0.25, 0.3) is 0 Å². The van der Waals surface area contributed by atoms with Crippen molar-refractivity contribution in [1.29, 1.82) is 0 Å². The van der Waals surface area contributed by atoms with Crippen molar-refractivity contribution in [2.75, 3.05) is 12.9 Å². The number of β-lactam (4-membered cyclic amide) rings is 1. The molecule has 0 aliphatic carbocycles. The largest absolute Gasteiger partial charge is 0.466 e. The van der Waals surface area contributed by atoms with Crippen LogP contribution >= 0.6 is 11.8 Å². The molecule has 0 saturated carbocycles. The molecule has 5 rings (SSSR count). The molecule has 3 aromatic carbocycles. The number of methoxy groups -OCH3 is 1. The fraction of sp³-hybridized carbons (Fsp3) is 0.286. The molecule has 1 N–H and O–H groups in total. The van der Waals surface area contributed by atoms with E-state index in [-0.39, 0.29) is 17.0 Å². The van der Waals surface area contributed by atoms with Gasteiger partial charge in [0.2, 0.25) is 5.91 Å². The minimum Gasteiger partial charge on any atom is -0.466 e. The Balaban J connectivity index is 1.42. The Morgan fingerprint density at radius 1 is 0.826 bits per heavy atom. The third-order valence-electron chi connectivity index (χ3n) is 7.36. The lowest BCUT2D eigenvalue weighted by Gasteiger charge is -2.49. The lowest BCUT2D eigenvalue weighted by molar-refractivity contribution is -0.160. The van der Waals surface area contributed by atoms with Gasteiger partial charge in [0.25, 0.3) is 5.91 Å². The van der Waals surface area contributed by atoms with E-state index in [2.05, 4.69) is 5.32 Å². The summed E-state index contributed by atoms with van der Waals surface area (Å²) in [5.41, 5.74) is 0.668. The van der Waals surface area contributed by atoms with E-state index in [0.29, 0.717) is 16.7 Å². The molecule has 1 fully saturated rings. The maximum Gasteiger partial charge on any atom is 0.356 e. The lowest BCUT2D eigenvalue weighted by atomic mass is 9.96. The van der Waals surface area contributed by atoms with E-state index in [1.54, 1.807) is 51.1 Å². The van der Waals surface area contributed by atoms with Crippen molar-refractivity contribution >= 4 is 41.5 Å². The van der Waals surface area contributed by atoms with Crippen molar-refractivity contribution in [3.8, 4) is 0 Å². The van der Waals surface area contributed by atoms with Gasteiger partial charge in [0.1, 0.15) is 22.7 Å². The lowest BCUT2D eigenvalue weighted by Crippen LogP contribution is -2.71. The zero-order valence-electron chi connectivity index (χ0n) is 25.8. The van der Waals surface area contributed by atoms with Crippen molar-refractivity contribution in [2.45, 2.75) is 49.8 Å². The molecule has 11 heteroatoms. The highest BCUT2D eigenvalue weighted by Crippen LogP contribution is 2.42. The molecule has 3 atom stereocenters. The van der Waals surface area contributed by atoms with E-state index in [1.165, 1.54) is 18.9 Å². The number of rotatable bonds is 9. The fourth-order valence-electron chi connectivity index (χ4n) is 5.27. The first-order valence-electron chi connectivity index (χ1n) is 14.7. The van der Waals surface area contributed by atoms with Gasteiger partial charge >= 0.3 is 17.9 Å². The quantitative estimate of drug-likeness (QED) is 0.158. The van der Waals surface area contributed by atoms with Crippen LogP contribution < -0.4 is 5.32 Å². The van der Waals surface area contributed by atoms with Crippen molar-refractivity contribution in [2.24, 2.45) is 0 Å². The van der Waals surface area contributed by atoms with Gasteiger partial charge in [0.05, 0.1) is 12.7 Å². The Morgan fingerprint density at radius 3 is 1.85 bits per heavy atom. The molecule has 2 aliphatic rings. The minimum absolute atomic E-state index is 0.0213. The molecule has 0 aromatic heterocycles. The van der Waals surface area contributed by atoms with Crippen LogP contribution in [0.15, 0.2) is 102 Å². The van der Waals surface area contributed by atoms with E-state index in [9.17, 15) is 24.0 Å². The standard InChI is InChI=1S/C35H34N2O8S/c1-35(2,3)45-33(41)25(21-14-8-5-9-15-21)29(38)36-26-30(39)37-27(24(32(40)43-4)20-46-31(26)37)34(42)44-28(22-16-10-6-11-17-22)23-18-12-7-13-19-23/h5-19,25-26,28,31H,20H2,1-4H3,(H,36,38)/t25?,26?,31-/m1/s1. The normalized spacial score (nSPS) is 18.2. The first-order valence-corrected chi connectivity index (χ1v) is 15.7. The molecular formula is C35H34N2O8S. The maximum absolute atomic E-state index is 13.9. The van der Waals surface area contributed by atoms with E-state index < -0.39 is 58.8 Å². The van der Waals surface area contributed by atoms with Gasteiger partial charge in [0.15, 0.2) is 12.0 Å². The zero-order chi connectivity index (χ0) is 33.0. The number of carbonyl (C=O) groups excluding carboxylic acids is 5. The van der Waals surface area contributed by atoms with Crippen LogP contribution in [0.3, 0.4) is 0 Å². The van der Waals surface area contributed by atoms with Crippen molar-refractivity contribution < 1.29 is 38.2 Å². The van der Waals surface area contributed by atoms with Crippen LogP contribution in [0.5, 0.6) is 0 Å². The second-order valence-corrected chi connectivity index (χ2v) is 12.8. The minimum atomic E-state index is -1.33. The molecule has 2 amide bonds. The number of benzene rings is 3. The maximum atomic E-state index is 13.9. The Labute approximate surface area is 271 Å². The predicted octanol–water partition coefficient (Wildman–Crippen LogP) is 4.27. The van der Waals surface area contributed by atoms with Crippen LogP contribution in [0.1, 0.15) is 49.5 Å². The van der Waals surface area contributed by atoms with Gasteiger partial charge in [-0.05, 0) is 37.5 Å². The van der Waals surface area contributed by atoms with E-state index in [0.717, 1.165) is 4.90 Å². The molecule has 0 radical (unpaired) electrons. The van der Waals surface area contributed by atoms with Crippen LogP contribution in [-0.4, -0.2) is 64.5 Å². The first kappa shape index (κ1) is 32.5.